The van der Waals surface area contributed by atoms with Crippen LogP contribution in [0.25, 0.3) is 54.0 Å². The van der Waals surface area contributed by atoms with Gasteiger partial charge in [-0.05, 0) is 60.0 Å². The van der Waals surface area contributed by atoms with Gasteiger partial charge in [0.25, 0.3) is 11.1 Å². The maximum Gasteiger partial charge on any atom is 0.266 e. The second-order valence-corrected chi connectivity index (χ2v) is 14.8. The summed E-state index contributed by atoms with van der Waals surface area (Å²) in [6.07, 6.45) is 7.14. The molecule has 2 aromatic carbocycles. The monoisotopic (exact) mass is 887 g/mol. The average Bonchev–Trinajstić information content (AvgIpc) is 4.03. The third-order valence-electron chi connectivity index (χ3n) is 10.2. The standard InChI is InChI=1S/C25H20N8O3.C19H14ClN7O2/c1-14(29-23-18(27-2)12-28-25(26)30-23)19-11-15-5-4-6-17(16-7-8-21(34)32(3)13-16)22(15)24(35)33(19)20-9-10-36-31-20;1-10(24-17-13(22-2)9-23-19(21)25-17)14-8-11-4-3-5-12(20)16(11)18(28)27(14)15-6-7-29-26-15/h4-14H,1,3H3,(H3,26,28,29,30);3-10H,1H3,(H3,21,23,24,25)/t14-;10-/m00/s1. The molecule has 0 spiro atoms. The van der Waals surface area contributed by atoms with Crippen molar-refractivity contribution >= 4 is 68.1 Å². The summed E-state index contributed by atoms with van der Waals surface area (Å²) in [5.41, 5.74) is 13.5. The summed E-state index contributed by atoms with van der Waals surface area (Å²) >= 11 is 6.28. The van der Waals surface area contributed by atoms with Crippen molar-refractivity contribution in [1.82, 2.24) is 44.0 Å². The van der Waals surface area contributed by atoms with E-state index in [1.54, 1.807) is 49.6 Å². The van der Waals surface area contributed by atoms with E-state index in [0.29, 0.717) is 55.2 Å². The van der Waals surface area contributed by atoms with Crippen LogP contribution < -0.4 is 38.8 Å². The third kappa shape index (κ3) is 8.30. The molecule has 0 radical (unpaired) electrons. The Kier molecular flexibility index (Phi) is 11.6. The molecule has 9 aromatic rings. The fourth-order valence-corrected chi connectivity index (χ4v) is 7.44. The van der Waals surface area contributed by atoms with E-state index in [-0.39, 0.29) is 51.6 Å². The van der Waals surface area contributed by atoms with E-state index >= 15 is 0 Å². The first-order chi connectivity index (χ1) is 31.4. The number of nitrogen functional groups attached to an aromatic ring is 2. The highest BCUT2D eigenvalue weighted by atomic mass is 35.5. The molecule has 322 valence electrons. The molecule has 9 rings (SSSR count). The minimum absolute atomic E-state index is 0.0198. The predicted molar refractivity (Wildman–Crippen MR) is 244 cm³/mol. The highest BCUT2D eigenvalue weighted by Crippen LogP contribution is 2.33. The number of benzene rings is 2. The Morgan fingerprint density at radius 2 is 1.22 bits per heavy atom. The first-order valence-electron chi connectivity index (χ1n) is 19.4. The van der Waals surface area contributed by atoms with Gasteiger partial charge in [-0.2, -0.15) is 0 Å². The lowest BCUT2D eigenvalue weighted by atomic mass is 9.99. The molecule has 0 unspecified atom stereocenters. The van der Waals surface area contributed by atoms with Crippen molar-refractivity contribution < 1.29 is 9.05 Å². The third-order valence-corrected chi connectivity index (χ3v) is 10.5. The highest BCUT2D eigenvalue weighted by molar-refractivity contribution is 6.35. The highest BCUT2D eigenvalue weighted by Gasteiger charge is 2.23. The number of hydrogen-bond acceptors (Lipinski definition) is 15. The summed E-state index contributed by atoms with van der Waals surface area (Å²) in [5.74, 6) is 1.19. The first-order valence-corrected chi connectivity index (χ1v) is 19.8. The molecule has 0 saturated heterocycles. The number of aryl methyl sites for hydroxylation is 1. The van der Waals surface area contributed by atoms with Crippen LogP contribution in [0.2, 0.25) is 5.02 Å². The Labute approximate surface area is 372 Å². The van der Waals surface area contributed by atoms with Crippen molar-refractivity contribution in [2.75, 3.05) is 22.1 Å². The van der Waals surface area contributed by atoms with Crippen LogP contribution in [0.5, 0.6) is 0 Å². The largest absolute Gasteiger partial charge is 0.371 e. The zero-order valence-corrected chi connectivity index (χ0v) is 35.2. The van der Waals surface area contributed by atoms with Gasteiger partial charge in [0, 0.05) is 43.8 Å². The summed E-state index contributed by atoms with van der Waals surface area (Å²) in [6, 6.07) is 19.9. The Morgan fingerprint density at radius 1 is 0.708 bits per heavy atom. The smallest absolute Gasteiger partial charge is 0.266 e. The molecule has 0 saturated carbocycles. The van der Waals surface area contributed by atoms with Crippen molar-refractivity contribution in [1.29, 1.82) is 0 Å². The minimum atomic E-state index is -0.491. The number of fused-ring (bicyclic) bond motifs is 2. The van der Waals surface area contributed by atoms with Crippen LogP contribution in [0.1, 0.15) is 37.3 Å². The summed E-state index contributed by atoms with van der Waals surface area (Å²) < 4.78 is 14.3. The maximum absolute atomic E-state index is 14.0. The quantitative estimate of drug-likeness (QED) is 0.105. The SMILES string of the molecule is [C-]#[N+]c1cnc(N)nc1N[C@@H](C)c1cc2cccc(-c3ccc(=O)n(C)c3)c2c(=O)n1-c1ccon1.[C-]#[N+]c1cnc(N)nc1N[C@@H](C)c1cc2cccc(Cl)c2c(=O)n1-c1ccon1. The van der Waals surface area contributed by atoms with E-state index in [0.717, 1.165) is 5.56 Å². The van der Waals surface area contributed by atoms with Gasteiger partial charge in [-0.25, -0.2) is 29.6 Å². The number of nitrogens with zero attached hydrogens (tertiary/aromatic N) is 11. The lowest BCUT2D eigenvalue weighted by Gasteiger charge is -2.21. The van der Waals surface area contributed by atoms with Gasteiger partial charge in [-0.15, -0.1) is 0 Å². The van der Waals surface area contributed by atoms with Crippen LogP contribution in [0, 0.1) is 13.1 Å². The molecule has 0 amide bonds. The second-order valence-electron chi connectivity index (χ2n) is 14.4. The molecule has 0 fully saturated rings. The van der Waals surface area contributed by atoms with Crippen molar-refractivity contribution in [3.8, 4) is 22.8 Å². The van der Waals surface area contributed by atoms with Crippen molar-refractivity contribution in [3.05, 3.63) is 174 Å². The number of pyridine rings is 3. The van der Waals surface area contributed by atoms with E-state index in [1.807, 2.05) is 44.2 Å². The molecule has 65 heavy (non-hydrogen) atoms. The van der Waals surface area contributed by atoms with Gasteiger partial charge in [0.2, 0.25) is 28.8 Å². The summed E-state index contributed by atoms with van der Waals surface area (Å²) in [6.45, 7) is 18.4. The van der Waals surface area contributed by atoms with E-state index in [1.165, 1.54) is 44.7 Å². The van der Waals surface area contributed by atoms with Crippen LogP contribution >= 0.6 is 11.6 Å². The Bertz CT molecular complexity index is 3540. The molecule has 20 nitrogen and oxygen atoms in total. The van der Waals surface area contributed by atoms with Gasteiger partial charge < -0.3 is 35.7 Å². The number of nitrogens with two attached hydrogens (primary N) is 2. The van der Waals surface area contributed by atoms with Crippen LogP contribution in [0.4, 0.5) is 34.9 Å². The average molecular weight is 888 g/mol. The van der Waals surface area contributed by atoms with E-state index in [9.17, 15) is 14.4 Å². The molecule has 6 N–H and O–H groups in total. The normalized spacial score (nSPS) is 11.8. The van der Waals surface area contributed by atoms with Crippen LogP contribution in [0.3, 0.4) is 0 Å². The molecule has 0 aliphatic heterocycles. The Hall–Kier alpha value is -9.14. The second kappa shape index (κ2) is 17.7. The number of anilines is 4. The van der Waals surface area contributed by atoms with Gasteiger partial charge in [0.05, 0.1) is 52.4 Å². The summed E-state index contributed by atoms with van der Waals surface area (Å²) in [4.78, 5) is 62.0. The van der Waals surface area contributed by atoms with E-state index < -0.39 is 12.1 Å². The molecule has 0 aliphatic carbocycles. The van der Waals surface area contributed by atoms with Crippen LogP contribution in [-0.4, -0.2) is 44.0 Å². The van der Waals surface area contributed by atoms with E-state index in [2.05, 4.69) is 50.6 Å². The van der Waals surface area contributed by atoms with E-state index in [4.69, 9.17) is 45.3 Å². The molecule has 7 aromatic heterocycles. The lowest BCUT2D eigenvalue weighted by molar-refractivity contribution is 0.415. The molecule has 2 atom stereocenters. The summed E-state index contributed by atoms with van der Waals surface area (Å²) in [5, 5.41) is 16.8. The number of rotatable bonds is 9. The molecule has 21 heteroatoms. The number of aromatic nitrogens is 9. The fourth-order valence-electron chi connectivity index (χ4n) is 7.18. The van der Waals surface area contributed by atoms with Gasteiger partial charge >= 0.3 is 0 Å². The molecule has 7 heterocycles. The van der Waals surface area contributed by atoms with Gasteiger partial charge in [-0.1, -0.05) is 52.2 Å². The number of nitrogens with one attached hydrogen (secondary N) is 2. The fraction of sp³-hybridized carbons (Fsp3) is 0.114. The first kappa shape index (κ1) is 42.5. The predicted octanol–water partition coefficient (Wildman–Crippen LogP) is 7.17. The molecule has 0 bridgehead atoms. The van der Waals surface area contributed by atoms with Crippen molar-refractivity contribution in [2.45, 2.75) is 25.9 Å². The zero-order chi connectivity index (χ0) is 45.9. The minimum Gasteiger partial charge on any atom is -0.371 e. The molecule has 0 aliphatic rings. The van der Waals surface area contributed by atoms with Gasteiger partial charge in [0.1, 0.15) is 24.2 Å². The molecular formula is C44H34ClN15O5. The van der Waals surface area contributed by atoms with Crippen molar-refractivity contribution in [2.24, 2.45) is 7.05 Å². The summed E-state index contributed by atoms with van der Waals surface area (Å²) in [7, 11) is 1.66. The van der Waals surface area contributed by atoms with Gasteiger partial charge in [0.15, 0.2) is 11.6 Å². The maximum atomic E-state index is 14.0. The van der Waals surface area contributed by atoms with Crippen molar-refractivity contribution in [3.63, 3.8) is 0 Å². The Balaban J connectivity index is 0.000000181. The topological polar surface area (TPSA) is 254 Å². The Morgan fingerprint density at radius 3 is 1.71 bits per heavy atom. The zero-order valence-electron chi connectivity index (χ0n) is 34.5. The number of hydrogen-bond donors (Lipinski definition) is 4. The lowest BCUT2D eigenvalue weighted by Crippen LogP contribution is -2.26. The molecular weight excluding hydrogens is 854 g/mol. The van der Waals surface area contributed by atoms with Crippen LogP contribution in [-0.2, 0) is 7.05 Å². The van der Waals surface area contributed by atoms with Crippen LogP contribution in [0.15, 0.2) is 127 Å². The number of halogens is 1. The van der Waals surface area contributed by atoms with Gasteiger partial charge in [-0.3, -0.25) is 23.5 Å².